The van der Waals surface area contributed by atoms with Gasteiger partial charge in [0.25, 0.3) is 0 Å². The molecular formula is C27H37FN2O2. The summed E-state index contributed by atoms with van der Waals surface area (Å²) in [5.74, 6) is 1.84. The van der Waals surface area contributed by atoms with E-state index in [-0.39, 0.29) is 5.82 Å². The predicted molar refractivity (Wildman–Crippen MR) is 128 cm³/mol. The molecule has 4 nitrogen and oxygen atoms in total. The van der Waals surface area contributed by atoms with Crippen molar-refractivity contribution in [1.82, 2.24) is 9.80 Å². The van der Waals surface area contributed by atoms with Crippen LogP contribution in [0.1, 0.15) is 43.4 Å². The van der Waals surface area contributed by atoms with Gasteiger partial charge in [-0.05, 0) is 93.4 Å². The van der Waals surface area contributed by atoms with Gasteiger partial charge in [0.05, 0.1) is 6.61 Å². The van der Waals surface area contributed by atoms with Gasteiger partial charge >= 0.3 is 0 Å². The molecule has 1 saturated heterocycles. The third-order valence-corrected chi connectivity index (χ3v) is 6.01. The van der Waals surface area contributed by atoms with Crippen LogP contribution in [0.5, 0.6) is 5.75 Å². The van der Waals surface area contributed by atoms with E-state index in [1.165, 1.54) is 6.07 Å². The molecule has 0 N–H and O–H groups in total. The van der Waals surface area contributed by atoms with Gasteiger partial charge < -0.3 is 19.3 Å². The third kappa shape index (κ3) is 6.99. The summed E-state index contributed by atoms with van der Waals surface area (Å²) in [5, 5.41) is 0. The molecule has 174 valence electrons. The number of benzene rings is 2. The number of likely N-dealkylation sites (tertiary alicyclic amines) is 1. The van der Waals surface area contributed by atoms with Crippen LogP contribution in [-0.4, -0.2) is 42.6 Å². The van der Waals surface area contributed by atoms with Gasteiger partial charge in [0.15, 0.2) is 5.88 Å². The van der Waals surface area contributed by atoms with Gasteiger partial charge in [-0.1, -0.05) is 32.0 Å². The van der Waals surface area contributed by atoms with Gasteiger partial charge in [-0.15, -0.1) is 0 Å². The first kappa shape index (κ1) is 24.1. The Labute approximate surface area is 192 Å². The number of nitrogens with zero attached hydrogens (tertiary/aromatic N) is 2. The van der Waals surface area contributed by atoms with Crippen LogP contribution in [0.25, 0.3) is 0 Å². The Morgan fingerprint density at radius 1 is 1.16 bits per heavy atom. The summed E-state index contributed by atoms with van der Waals surface area (Å²) in [6, 6.07) is 13.4. The molecule has 1 heterocycles. The third-order valence-electron chi connectivity index (χ3n) is 6.01. The first-order valence-corrected chi connectivity index (χ1v) is 11.6. The first-order valence-electron chi connectivity index (χ1n) is 11.6. The molecule has 1 aliphatic rings. The minimum atomic E-state index is -0.201. The average Bonchev–Trinajstić information content (AvgIpc) is 2.77. The average molecular weight is 441 g/mol. The number of hydrogen-bond donors (Lipinski definition) is 0. The maximum absolute atomic E-state index is 13.6. The van der Waals surface area contributed by atoms with Crippen LogP contribution >= 0.6 is 0 Å². The summed E-state index contributed by atoms with van der Waals surface area (Å²) < 4.78 is 25.5. The summed E-state index contributed by atoms with van der Waals surface area (Å²) in [5.41, 5.74) is 3.12. The Bertz CT molecular complexity index is 874. The Balaban J connectivity index is 1.65. The highest BCUT2D eigenvalue weighted by Crippen LogP contribution is 2.25. The van der Waals surface area contributed by atoms with Gasteiger partial charge in [-0.2, -0.15) is 0 Å². The highest BCUT2D eigenvalue weighted by Gasteiger charge is 2.25. The molecule has 5 heteroatoms. The van der Waals surface area contributed by atoms with Gasteiger partial charge in [-0.3, -0.25) is 0 Å². The maximum atomic E-state index is 13.6. The van der Waals surface area contributed by atoms with Crippen molar-refractivity contribution < 1.29 is 13.9 Å². The lowest BCUT2D eigenvalue weighted by Gasteiger charge is -2.39. The van der Waals surface area contributed by atoms with E-state index in [4.69, 9.17) is 9.47 Å². The molecule has 0 atom stereocenters. The zero-order valence-electron chi connectivity index (χ0n) is 19.9. The van der Waals surface area contributed by atoms with E-state index in [0.717, 1.165) is 48.4 Å². The second-order valence-electron chi connectivity index (χ2n) is 9.26. The molecule has 0 saturated carbocycles. The van der Waals surface area contributed by atoms with Crippen molar-refractivity contribution in [2.45, 2.75) is 52.8 Å². The van der Waals surface area contributed by atoms with Crippen LogP contribution in [0.15, 0.2) is 54.9 Å². The van der Waals surface area contributed by atoms with Crippen molar-refractivity contribution in [2.75, 3.05) is 26.7 Å². The second kappa shape index (κ2) is 11.4. The zero-order chi connectivity index (χ0) is 23.1. The topological polar surface area (TPSA) is 24.9 Å². The number of rotatable bonds is 10. The molecule has 0 radical (unpaired) electrons. The Hall–Kier alpha value is -2.53. The van der Waals surface area contributed by atoms with Crippen molar-refractivity contribution in [3.63, 3.8) is 0 Å². The van der Waals surface area contributed by atoms with Crippen LogP contribution in [0.4, 0.5) is 4.39 Å². The van der Waals surface area contributed by atoms with Crippen molar-refractivity contribution in [3.8, 4) is 5.75 Å². The number of piperidine rings is 1. The van der Waals surface area contributed by atoms with Crippen LogP contribution in [0.3, 0.4) is 0 Å². The Morgan fingerprint density at radius 2 is 1.84 bits per heavy atom. The summed E-state index contributed by atoms with van der Waals surface area (Å²) in [6.45, 7) is 14.4. The number of halogens is 1. The molecular weight excluding hydrogens is 403 g/mol. The van der Waals surface area contributed by atoms with E-state index in [9.17, 15) is 4.39 Å². The molecule has 0 bridgehead atoms. The van der Waals surface area contributed by atoms with E-state index in [1.54, 1.807) is 6.07 Å². The molecule has 0 unspecified atom stereocenters. The van der Waals surface area contributed by atoms with Crippen molar-refractivity contribution in [2.24, 2.45) is 5.92 Å². The lowest BCUT2D eigenvalue weighted by molar-refractivity contribution is 0.0492. The molecule has 0 aliphatic carbocycles. The largest absolute Gasteiger partial charge is 0.493 e. The fourth-order valence-corrected chi connectivity index (χ4v) is 3.94. The molecule has 0 amide bonds. The van der Waals surface area contributed by atoms with Gasteiger partial charge in [0.1, 0.15) is 18.2 Å². The van der Waals surface area contributed by atoms with Gasteiger partial charge in [0.2, 0.25) is 0 Å². The SMILES string of the molecule is C=C(OCc1ccc(OCC(C)C)cc1)N(Cc1ccc(F)cc1C)C1CCN(C)CC1. The molecule has 2 aromatic rings. The number of hydrogen-bond acceptors (Lipinski definition) is 4. The molecule has 3 rings (SSSR count). The summed E-state index contributed by atoms with van der Waals surface area (Å²) in [7, 11) is 2.16. The zero-order valence-corrected chi connectivity index (χ0v) is 19.9. The summed E-state index contributed by atoms with van der Waals surface area (Å²) in [4.78, 5) is 4.61. The fourth-order valence-electron chi connectivity index (χ4n) is 3.94. The highest BCUT2D eigenvalue weighted by atomic mass is 19.1. The lowest BCUT2D eigenvalue weighted by Crippen LogP contribution is -2.43. The monoisotopic (exact) mass is 440 g/mol. The molecule has 0 aromatic heterocycles. The Morgan fingerprint density at radius 3 is 2.47 bits per heavy atom. The van der Waals surface area contributed by atoms with Crippen molar-refractivity contribution in [3.05, 3.63) is 77.4 Å². The summed E-state index contributed by atoms with van der Waals surface area (Å²) >= 11 is 0. The standard InChI is InChI=1S/C27H37FN2O2/c1-20(2)18-32-27-10-6-23(7-11-27)19-31-22(4)30(26-12-14-29(5)15-13-26)17-24-8-9-25(28)16-21(24)3/h6-11,16,20,26H,4,12-15,17-19H2,1-3,5H3. The normalized spacial score (nSPS) is 15.1. The van der Waals surface area contributed by atoms with E-state index in [0.29, 0.717) is 37.6 Å². The smallest absolute Gasteiger partial charge is 0.182 e. The molecule has 1 fully saturated rings. The molecule has 0 spiro atoms. The second-order valence-corrected chi connectivity index (χ2v) is 9.26. The van der Waals surface area contributed by atoms with Crippen LogP contribution < -0.4 is 4.74 Å². The van der Waals surface area contributed by atoms with E-state index in [2.05, 4.69) is 37.3 Å². The minimum Gasteiger partial charge on any atom is -0.493 e. The van der Waals surface area contributed by atoms with Crippen LogP contribution in [-0.2, 0) is 17.9 Å². The molecule has 2 aromatic carbocycles. The fraction of sp³-hybridized carbons (Fsp3) is 0.481. The summed E-state index contributed by atoms with van der Waals surface area (Å²) in [6.07, 6.45) is 2.11. The van der Waals surface area contributed by atoms with Gasteiger partial charge in [0, 0.05) is 12.6 Å². The Kier molecular flexibility index (Phi) is 8.57. The quantitative estimate of drug-likeness (QED) is 0.439. The van der Waals surface area contributed by atoms with Crippen molar-refractivity contribution in [1.29, 1.82) is 0 Å². The number of ether oxygens (including phenoxy) is 2. The first-order chi connectivity index (χ1) is 15.3. The minimum absolute atomic E-state index is 0.201. The molecule has 1 aliphatic heterocycles. The van der Waals surface area contributed by atoms with Gasteiger partial charge in [-0.25, -0.2) is 4.39 Å². The van der Waals surface area contributed by atoms with Crippen LogP contribution in [0, 0.1) is 18.7 Å². The predicted octanol–water partition coefficient (Wildman–Crippen LogP) is 5.75. The van der Waals surface area contributed by atoms with E-state index < -0.39 is 0 Å². The van der Waals surface area contributed by atoms with E-state index in [1.807, 2.05) is 37.3 Å². The maximum Gasteiger partial charge on any atom is 0.182 e. The lowest BCUT2D eigenvalue weighted by atomic mass is 10.0. The molecule has 32 heavy (non-hydrogen) atoms. The van der Waals surface area contributed by atoms with Crippen LogP contribution in [0.2, 0.25) is 0 Å². The van der Waals surface area contributed by atoms with Crippen molar-refractivity contribution >= 4 is 0 Å². The number of aryl methyl sites for hydroxylation is 1. The highest BCUT2D eigenvalue weighted by molar-refractivity contribution is 5.28. The van der Waals surface area contributed by atoms with E-state index >= 15 is 0 Å².